The molecular weight excluding hydrogens is 349 g/mol. The maximum Gasteiger partial charge on any atom is 0.573 e. The van der Waals surface area contributed by atoms with Crippen LogP contribution in [-0.2, 0) is 0 Å². The Balaban J connectivity index is 1.91. The average molecular weight is 367 g/mol. The van der Waals surface area contributed by atoms with Gasteiger partial charge in [0.25, 0.3) is 0 Å². The van der Waals surface area contributed by atoms with E-state index in [0.717, 1.165) is 25.3 Å². The summed E-state index contributed by atoms with van der Waals surface area (Å²) in [6.45, 7) is 2.99. The van der Waals surface area contributed by atoms with Crippen LogP contribution >= 0.6 is 15.9 Å². The van der Waals surface area contributed by atoms with Gasteiger partial charge in [0.05, 0.1) is 4.47 Å². The third-order valence-electron chi connectivity index (χ3n) is 3.47. The molecule has 1 aliphatic heterocycles. The third kappa shape index (κ3) is 5.39. The van der Waals surface area contributed by atoms with Crippen LogP contribution in [0.4, 0.5) is 18.9 Å². The van der Waals surface area contributed by atoms with E-state index in [-0.39, 0.29) is 10.2 Å². The second-order valence-corrected chi connectivity index (χ2v) is 6.20. The Labute approximate surface area is 130 Å². The summed E-state index contributed by atoms with van der Waals surface area (Å²) < 4.78 is 40.8. The highest BCUT2D eigenvalue weighted by Crippen LogP contribution is 2.32. The minimum atomic E-state index is -4.68. The van der Waals surface area contributed by atoms with Gasteiger partial charge < -0.3 is 15.0 Å². The number of nitrogens with one attached hydrogen (secondary N) is 1. The highest BCUT2D eigenvalue weighted by Gasteiger charge is 2.31. The van der Waals surface area contributed by atoms with Gasteiger partial charge in [0.15, 0.2) is 0 Å². The lowest BCUT2D eigenvalue weighted by molar-refractivity contribution is -0.274. The van der Waals surface area contributed by atoms with Gasteiger partial charge in [-0.1, -0.05) is 0 Å². The quantitative estimate of drug-likeness (QED) is 0.867. The predicted octanol–water partition coefficient (Wildman–Crippen LogP) is 4.10. The summed E-state index contributed by atoms with van der Waals surface area (Å²) in [6.07, 6.45) is -2.32. The fourth-order valence-electron chi connectivity index (χ4n) is 2.52. The lowest BCUT2D eigenvalue weighted by Gasteiger charge is -2.30. The molecule has 1 aromatic carbocycles. The summed E-state index contributed by atoms with van der Waals surface area (Å²) in [5, 5.41) is 3.27. The smallest absolute Gasteiger partial charge is 0.405 e. The number of ether oxygens (including phenoxy) is 1. The zero-order valence-electron chi connectivity index (χ0n) is 11.7. The SMILES string of the molecule is CN1CCCC(CNc2ccc(OC(F)(F)F)c(Br)c2)C1. The largest absolute Gasteiger partial charge is 0.573 e. The lowest BCUT2D eigenvalue weighted by Crippen LogP contribution is -2.35. The number of rotatable bonds is 4. The Hall–Kier alpha value is -0.950. The van der Waals surface area contributed by atoms with Gasteiger partial charge in [0.1, 0.15) is 5.75 Å². The van der Waals surface area contributed by atoms with Crippen LogP contribution in [0, 0.1) is 5.92 Å². The number of halogens is 4. The zero-order chi connectivity index (χ0) is 15.5. The first-order valence-electron chi connectivity index (χ1n) is 6.81. The van der Waals surface area contributed by atoms with Crippen LogP contribution in [0.15, 0.2) is 22.7 Å². The van der Waals surface area contributed by atoms with E-state index in [1.54, 1.807) is 12.1 Å². The number of benzene rings is 1. The molecule has 0 aromatic heterocycles. The summed E-state index contributed by atoms with van der Waals surface area (Å²) in [5.41, 5.74) is 0.782. The molecule has 7 heteroatoms. The van der Waals surface area contributed by atoms with E-state index in [9.17, 15) is 13.2 Å². The molecule has 1 heterocycles. The minimum Gasteiger partial charge on any atom is -0.405 e. The molecule has 21 heavy (non-hydrogen) atoms. The second-order valence-electron chi connectivity index (χ2n) is 5.34. The lowest BCUT2D eigenvalue weighted by atomic mass is 9.98. The maximum absolute atomic E-state index is 12.2. The van der Waals surface area contributed by atoms with Crippen molar-refractivity contribution < 1.29 is 17.9 Å². The van der Waals surface area contributed by atoms with Crippen molar-refractivity contribution in [1.29, 1.82) is 0 Å². The Morgan fingerprint density at radius 2 is 2.19 bits per heavy atom. The number of anilines is 1. The summed E-state index contributed by atoms with van der Waals surface area (Å²) in [6, 6.07) is 4.51. The van der Waals surface area contributed by atoms with E-state index in [1.165, 1.54) is 18.9 Å². The van der Waals surface area contributed by atoms with E-state index in [2.05, 4.69) is 37.9 Å². The molecule has 0 bridgehead atoms. The molecule has 1 atom stereocenters. The standard InChI is InChI=1S/C14H18BrF3N2O/c1-20-6-2-3-10(9-20)8-19-11-4-5-13(12(15)7-11)21-14(16,17)18/h4-5,7,10,19H,2-3,6,8-9H2,1H3. The molecule has 0 saturated carbocycles. The molecule has 0 radical (unpaired) electrons. The van der Waals surface area contributed by atoms with Crippen molar-refractivity contribution in [3.8, 4) is 5.75 Å². The molecule has 0 amide bonds. The van der Waals surface area contributed by atoms with Gasteiger partial charge in [0.2, 0.25) is 0 Å². The fourth-order valence-corrected chi connectivity index (χ4v) is 2.98. The Morgan fingerprint density at radius 3 is 2.81 bits per heavy atom. The highest BCUT2D eigenvalue weighted by molar-refractivity contribution is 9.10. The third-order valence-corrected chi connectivity index (χ3v) is 4.09. The molecular formula is C14H18BrF3N2O. The molecule has 1 fully saturated rings. The van der Waals surface area contributed by atoms with E-state index in [0.29, 0.717) is 5.92 Å². The predicted molar refractivity (Wildman–Crippen MR) is 79.5 cm³/mol. The summed E-state index contributed by atoms with van der Waals surface area (Å²) >= 11 is 3.10. The minimum absolute atomic E-state index is 0.231. The molecule has 2 rings (SSSR count). The number of likely N-dealkylation sites (tertiary alicyclic amines) is 1. The monoisotopic (exact) mass is 366 g/mol. The van der Waals surface area contributed by atoms with E-state index >= 15 is 0 Å². The van der Waals surface area contributed by atoms with Crippen molar-refractivity contribution in [3.63, 3.8) is 0 Å². The second kappa shape index (κ2) is 6.87. The van der Waals surface area contributed by atoms with Crippen LogP contribution in [-0.4, -0.2) is 37.9 Å². The zero-order valence-corrected chi connectivity index (χ0v) is 13.3. The number of alkyl halides is 3. The normalized spacial score (nSPS) is 20.3. The molecule has 1 N–H and O–H groups in total. The van der Waals surface area contributed by atoms with Gasteiger partial charge in [-0.15, -0.1) is 13.2 Å². The molecule has 1 aromatic rings. The fraction of sp³-hybridized carbons (Fsp3) is 0.571. The number of hydrogen-bond acceptors (Lipinski definition) is 3. The van der Waals surface area contributed by atoms with Gasteiger partial charge in [-0.25, -0.2) is 0 Å². The van der Waals surface area contributed by atoms with Crippen LogP contribution in [0.5, 0.6) is 5.75 Å². The van der Waals surface area contributed by atoms with E-state index < -0.39 is 6.36 Å². The Kier molecular flexibility index (Phi) is 5.37. The van der Waals surface area contributed by atoms with Crippen LogP contribution < -0.4 is 10.1 Å². The first-order valence-corrected chi connectivity index (χ1v) is 7.60. The van der Waals surface area contributed by atoms with Gasteiger partial charge >= 0.3 is 6.36 Å². The van der Waals surface area contributed by atoms with Crippen molar-refractivity contribution >= 4 is 21.6 Å². The van der Waals surface area contributed by atoms with Gasteiger partial charge in [-0.3, -0.25) is 0 Å². The maximum atomic E-state index is 12.2. The highest BCUT2D eigenvalue weighted by atomic mass is 79.9. The summed E-state index contributed by atoms with van der Waals surface area (Å²) in [4.78, 5) is 2.30. The molecule has 0 aliphatic carbocycles. The van der Waals surface area contributed by atoms with E-state index in [1.807, 2.05) is 0 Å². The number of piperidine rings is 1. The first-order chi connectivity index (χ1) is 9.83. The van der Waals surface area contributed by atoms with Crippen LogP contribution in [0.1, 0.15) is 12.8 Å². The summed E-state index contributed by atoms with van der Waals surface area (Å²) in [7, 11) is 2.10. The molecule has 1 unspecified atom stereocenters. The van der Waals surface area contributed by atoms with Crippen molar-refractivity contribution in [2.75, 3.05) is 32.0 Å². The van der Waals surface area contributed by atoms with Crippen LogP contribution in [0.25, 0.3) is 0 Å². The molecule has 118 valence electrons. The van der Waals surface area contributed by atoms with Crippen LogP contribution in [0.3, 0.4) is 0 Å². The molecule has 1 saturated heterocycles. The van der Waals surface area contributed by atoms with E-state index in [4.69, 9.17) is 0 Å². The van der Waals surface area contributed by atoms with Crippen molar-refractivity contribution in [2.24, 2.45) is 5.92 Å². The molecule has 3 nitrogen and oxygen atoms in total. The summed E-state index contributed by atoms with van der Waals surface area (Å²) in [5.74, 6) is 0.332. The first kappa shape index (κ1) is 16.4. The number of hydrogen-bond donors (Lipinski definition) is 1. The van der Waals surface area contributed by atoms with Gasteiger partial charge in [0, 0.05) is 18.8 Å². The van der Waals surface area contributed by atoms with Gasteiger partial charge in [-0.05, 0) is 66.5 Å². The van der Waals surface area contributed by atoms with Crippen molar-refractivity contribution in [2.45, 2.75) is 19.2 Å². The van der Waals surface area contributed by atoms with Crippen LogP contribution in [0.2, 0.25) is 0 Å². The Morgan fingerprint density at radius 1 is 1.43 bits per heavy atom. The number of nitrogens with zero attached hydrogens (tertiary/aromatic N) is 1. The molecule has 1 aliphatic rings. The van der Waals surface area contributed by atoms with Crippen molar-refractivity contribution in [1.82, 2.24) is 4.90 Å². The average Bonchev–Trinajstić information content (AvgIpc) is 2.38. The Bertz CT molecular complexity index is 482. The topological polar surface area (TPSA) is 24.5 Å². The molecule has 0 spiro atoms. The van der Waals surface area contributed by atoms with Gasteiger partial charge in [-0.2, -0.15) is 0 Å². The van der Waals surface area contributed by atoms with Crippen molar-refractivity contribution in [3.05, 3.63) is 22.7 Å².